The second-order valence-electron chi connectivity index (χ2n) is 5.34. The third kappa shape index (κ3) is 3.50. The summed E-state index contributed by atoms with van der Waals surface area (Å²) in [5, 5.41) is 4.18. The molecule has 0 saturated carbocycles. The van der Waals surface area contributed by atoms with Crippen LogP contribution in [0.2, 0.25) is 0 Å². The largest absolute Gasteiger partial charge is 0.405 e. The molecule has 0 unspecified atom stereocenters. The lowest BCUT2D eigenvalue weighted by Gasteiger charge is -2.25. The van der Waals surface area contributed by atoms with Crippen molar-refractivity contribution < 1.29 is 27.6 Å². The Morgan fingerprint density at radius 1 is 1.25 bits per heavy atom. The zero-order valence-corrected chi connectivity index (χ0v) is 12.8. The standard InChI is InChI=1S/C15H16F3N3O3/c1-2-14(10-6-4-3-5-7-10)12(23)21(13(24)20-14)8-11(22)19-9-15(16,17)18/h3-7H,2,8-9H2,1H3,(H,19,22)(H,20,24)/t14-/m0/s1. The first-order valence-electron chi connectivity index (χ1n) is 7.22. The quantitative estimate of drug-likeness (QED) is 0.796. The van der Waals surface area contributed by atoms with Gasteiger partial charge in [0.05, 0.1) is 0 Å². The Balaban J connectivity index is 2.15. The number of hydrogen-bond donors (Lipinski definition) is 2. The van der Waals surface area contributed by atoms with E-state index in [1.807, 2.05) is 0 Å². The number of carbonyl (C=O) groups is 3. The minimum absolute atomic E-state index is 0.238. The van der Waals surface area contributed by atoms with Crippen molar-refractivity contribution in [3.63, 3.8) is 0 Å². The fraction of sp³-hybridized carbons (Fsp3) is 0.400. The number of hydrogen-bond acceptors (Lipinski definition) is 3. The first kappa shape index (κ1) is 17.8. The van der Waals surface area contributed by atoms with Gasteiger partial charge in [-0.1, -0.05) is 37.3 Å². The molecular formula is C15H16F3N3O3. The third-order valence-electron chi connectivity index (χ3n) is 3.76. The van der Waals surface area contributed by atoms with Gasteiger partial charge in [0.2, 0.25) is 5.91 Å². The van der Waals surface area contributed by atoms with Crippen molar-refractivity contribution in [1.29, 1.82) is 0 Å². The molecule has 2 rings (SSSR count). The zero-order chi connectivity index (χ0) is 18.0. The minimum atomic E-state index is -4.57. The molecule has 0 spiro atoms. The molecule has 130 valence electrons. The molecule has 0 aliphatic carbocycles. The first-order valence-corrected chi connectivity index (χ1v) is 7.22. The smallest absolute Gasteiger partial charge is 0.345 e. The van der Waals surface area contributed by atoms with E-state index in [2.05, 4.69) is 5.32 Å². The molecule has 1 aromatic rings. The van der Waals surface area contributed by atoms with Crippen molar-refractivity contribution in [2.75, 3.05) is 13.1 Å². The SMILES string of the molecule is CC[C@@]1(c2ccccc2)NC(=O)N(CC(=O)NCC(F)(F)F)C1=O. The number of imide groups is 1. The molecule has 1 aliphatic rings. The van der Waals surface area contributed by atoms with Crippen LogP contribution in [0.15, 0.2) is 30.3 Å². The highest BCUT2D eigenvalue weighted by atomic mass is 19.4. The van der Waals surface area contributed by atoms with Crippen LogP contribution in [-0.4, -0.2) is 42.0 Å². The monoisotopic (exact) mass is 343 g/mol. The van der Waals surface area contributed by atoms with Gasteiger partial charge in [-0.05, 0) is 12.0 Å². The fourth-order valence-corrected chi connectivity index (χ4v) is 2.53. The van der Waals surface area contributed by atoms with E-state index in [0.717, 1.165) is 0 Å². The Hall–Kier alpha value is -2.58. The van der Waals surface area contributed by atoms with Crippen LogP contribution in [-0.2, 0) is 15.1 Å². The number of halogens is 3. The number of nitrogens with one attached hydrogen (secondary N) is 2. The second kappa shape index (κ2) is 6.50. The Labute approximate surface area is 136 Å². The predicted molar refractivity (Wildman–Crippen MR) is 77.7 cm³/mol. The summed E-state index contributed by atoms with van der Waals surface area (Å²) in [5.74, 6) is -1.72. The Morgan fingerprint density at radius 3 is 2.42 bits per heavy atom. The summed E-state index contributed by atoms with van der Waals surface area (Å²) in [5.41, 5.74) is -0.771. The molecule has 1 heterocycles. The van der Waals surface area contributed by atoms with Gasteiger partial charge in [-0.25, -0.2) is 4.79 Å². The van der Waals surface area contributed by atoms with Crippen molar-refractivity contribution in [3.05, 3.63) is 35.9 Å². The fourth-order valence-electron chi connectivity index (χ4n) is 2.53. The molecule has 24 heavy (non-hydrogen) atoms. The maximum Gasteiger partial charge on any atom is 0.405 e. The maximum atomic E-state index is 12.6. The molecule has 1 saturated heterocycles. The van der Waals surface area contributed by atoms with Crippen molar-refractivity contribution >= 4 is 17.8 Å². The predicted octanol–water partition coefficient (Wildman–Crippen LogP) is 1.52. The minimum Gasteiger partial charge on any atom is -0.345 e. The van der Waals surface area contributed by atoms with Crippen molar-refractivity contribution in [2.45, 2.75) is 25.1 Å². The molecular weight excluding hydrogens is 327 g/mol. The zero-order valence-electron chi connectivity index (χ0n) is 12.8. The van der Waals surface area contributed by atoms with Gasteiger partial charge in [0.1, 0.15) is 18.6 Å². The van der Waals surface area contributed by atoms with E-state index in [1.54, 1.807) is 42.6 Å². The number of nitrogens with zero attached hydrogens (tertiary/aromatic N) is 1. The second-order valence-corrected chi connectivity index (χ2v) is 5.34. The van der Waals surface area contributed by atoms with Crippen LogP contribution in [0.5, 0.6) is 0 Å². The van der Waals surface area contributed by atoms with E-state index in [-0.39, 0.29) is 6.42 Å². The molecule has 2 N–H and O–H groups in total. The average Bonchev–Trinajstić information content (AvgIpc) is 2.78. The normalized spacial score (nSPS) is 20.9. The highest BCUT2D eigenvalue weighted by Gasteiger charge is 2.51. The van der Waals surface area contributed by atoms with E-state index in [4.69, 9.17) is 0 Å². The molecule has 0 bridgehead atoms. The number of benzene rings is 1. The summed E-state index contributed by atoms with van der Waals surface area (Å²) in [4.78, 5) is 36.9. The molecule has 0 aromatic heterocycles. The highest BCUT2D eigenvalue weighted by Crippen LogP contribution is 2.32. The third-order valence-corrected chi connectivity index (χ3v) is 3.76. The molecule has 1 aromatic carbocycles. The molecule has 9 heteroatoms. The first-order chi connectivity index (χ1) is 11.2. The van der Waals surface area contributed by atoms with Crippen molar-refractivity contribution in [1.82, 2.24) is 15.5 Å². The van der Waals surface area contributed by atoms with E-state index in [9.17, 15) is 27.6 Å². The molecule has 6 nitrogen and oxygen atoms in total. The average molecular weight is 343 g/mol. The maximum absolute atomic E-state index is 12.6. The van der Waals surface area contributed by atoms with E-state index < -0.39 is 42.7 Å². The topological polar surface area (TPSA) is 78.5 Å². The van der Waals surface area contributed by atoms with Crippen LogP contribution in [0.4, 0.5) is 18.0 Å². The molecule has 1 fully saturated rings. The van der Waals surface area contributed by atoms with Crippen LogP contribution in [0, 0.1) is 0 Å². The molecule has 4 amide bonds. The number of carbonyl (C=O) groups excluding carboxylic acids is 3. The summed E-state index contributed by atoms with van der Waals surface area (Å²) in [6.45, 7) is -0.596. The van der Waals surface area contributed by atoms with Gasteiger partial charge in [-0.3, -0.25) is 14.5 Å². The number of alkyl halides is 3. The van der Waals surface area contributed by atoms with Gasteiger partial charge < -0.3 is 10.6 Å². The Kier molecular flexibility index (Phi) is 4.81. The number of urea groups is 1. The summed E-state index contributed by atoms with van der Waals surface area (Å²) in [7, 11) is 0. The summed E-state index contributed by atoms with van der Waals surface area (Å²) in [6, 6.07) is 7.66. The van der Waals surface area contributed by atoms with E-state index >= 15 is 0 Å². The van der Waals surface area contributed by atoms with Gasteiger partial charge in [0.25, 0.3) is 5.91 Å². The van der Waals surface area contributed by atoms with Crippen molar-refractivity contribution in [2.24, 2.45) is 0 Å². The van der Waals surface area contributed by atoms with E-state index in [0.29, 0.717) is 10.5 Å². The molecule has 1 atom stereocenters. The van der Waals surface area contributed by atoms with Gasteiger partial charge in [0.15, 0.2) is 0 Å². The van der Waals surface area contributed by atoms with Crippen LogP contribution < -0.4 is 10.6 Å². The lowest BCUT2D eigenvalue weighted by Crippen LogP contribution is -2.45. The van der Waals surface area contributed by atoms with Gasteiger partial charge in [-0.15, -0.1) is 0 Å². The number of rotatable bonds is 5. The van der Waals surface area contributed by atoms with Crippen LogP contribution in [0.25, 0.3) is 0 Å². The lowest BCUT2D eigenvalue weighted by atomic mass is 9.87. The lowest BCUT2D eigenvalue weighted by molar-refractivity contribution is -0.141. The summed E-state index contributed by atoms with van der Waals surface area (Å²) < 4.78 is 36.3. The van der Waals surface area contributed by atoms with Gasteiger partial charge in [-0.2, -0.15) is 13.2 Å². The summed E-state index contributed by atoms with van der Waals surface area (Å²) >= 11 is 0. The van der Waals surface area contributed by atoms with Gasteiger partial charge in [0, 0.05) is 0 Å². The molecule has 1 aliphatic heterocycles. The van der Waals surface area contributed by atoms with Crippen LogP contribution in [0.3, 0.4) is 0 Å². The Bertz CT molecular complexity index is 648. The highest BCUT2D eigenvalue weighted by molar-refractivity contribution is 6.09. The number of amides is 4. The van der Waals surface area contributed by atoms with E-state index in [1.165, 1.54) is 0 Å². The van der Waals surface area contributed by atoms with Gasteiger partial charge >= 0.3 is 12.2 Å². The Morgan fingerprint density at radius 2 is 1.88 bits per heavy atom. The van der Waals surface area contributed by atoms with Crippen molar-refractivity contribution in [3.8, 4) is 0 Å². The molecule has 0 radical (unpaired) electrons. The van der Waals surface area contributed by atoms with Crippen LogP contribution in [0.1, 0.15) is 18.9 Å². The summed E-state index contributed by atoms with van der Waals surface area (Å²) in [6.07, 6.45) is -4.33. The van der Waals surface area contributed by atoms with Crippen LogP contribution >= 0.6 is 0 Å².